The van der Waals surface area contributed by atoms with Crippen LogP contribution in [0.5, 0.6) is 0 Å². The zero-order chi connectivity index (χ0) is 17.4. The number of hydrogen-bond donors (Lipinski definition) is 1. The van der Waals surface area contributed by atoms with Crippen molar-refractivity contribution in [3.63, 3.8) is 0 Å². The van der Waals surface area contributed by atoms with Crippen molar-refractivity contribution in [1.29, 1.82) is 0 Å². The molecule has 2 aromatic rings. The first-order valence-electron chi connectivity index (χ1n) is 7.69. The van der Waals surface area contributed by atoms with Crippen molar-refractivity contribution in [1.82, 2.24) is 14.7 Å². The summed E-state index contributed by atoms with van der Waals surface area (Å²) in [7, 11) is 3.53. The van der Waals surface area contributed by atoms with E-state index in [0.717, 1.165) is 11.3 Å². The van der Waals surface area contributed by atoms with Crippen molar-refractivity contribution in [2.75, 3.05) is 12.4 Å². The zero-order valence-corrected chi connectivity index (χ0v) is 13.8. The van der Waals surface area contributed by atoms with Gasteiger partial charge in [0.2, 0.25) is 11.8 Å². The molecule has 1 aliphatic rings. The number of aromatic nitrogens is 2. The van der Waals surface area contributed by atoms with Gasteiger partial charge < -0.3 is 10.2 Å². The number of carbonyl (C=O) groups is 2. The smallest absolute Gasteiger partial charge is 0.232 e. The predicted octanol–water partition coefficient (Wildman–Crippen LogP) is 1.95. The number of nitrogens with one attached hydrogen (secondary N) is 1. The number of aryl methyl sites for hydroxylation is 1. The standard InChI is InChI=1S/C17H19FN4O2/c1-10-11(8-19-22(10)3)9-21(2)15(23)7-13-12-5-4-6-14(18)16(12)20-17(13)24/h4-6,8,13H,7,9H2,1-3H3,(H,20,24)/t13-/m0/s1. The van der Waals surface area contributed by atoms with E-state index in [1.54, 1.807) is 35.0 Å². The number of hydrogen-bond acceptors (Lipinski definition) is 3. The van der Waals surface area contributed by atoms with Crippen molar-refractivity contribution in [2.45, 2.75) is 25.8 Å². The zero-order valence-electron chi connectivity index (χ0n) is 13.8. The lowest BCUT2D eigenvalue weighted by molar-refractivity contribution is -0.132. The van der Waals surface area contributed by atoms with Gasteiger partial charge in [-0.05, 0) is 18.6 Å². The number of amides is 2. The molecule has 1 aromatic carbocycles. The molecule has 3 rings (SSSR count). The van der Waals surface area contributed by atoms with E-state index in [4.69, 9.17) is 0 Å². The summed E-state index contributed by atoms with van der Waals surface area (Å²) in [4.78, 5) is 26.1. The highest BCUT2D eigenvalue weighted by atomic mass is 19.1. The molecule has 0 bridgehead atoms. The molecule has 1 atom stereocenters. The molecule has 0 saturated heterocycles. The number of para-hydroxylation sites is 1. The summed E-state index contributed by atoms with van der Waals surface area (Å²) < 4.78 is 15.5. The Labute approximate surface area is 139 Å². The van der Waals surface area contributed by atoms with Crippen molar-refractivity contribution in [2.24, 2.45) is 7.05 Å². The van der Waals surface area contributed by atoms with Crippen molar-refractivity contribution < 1.29 is 14.0 Å². The Kier molecular flexibility index (Phi) is 4.09. The van der Waals surface area contributed by atoms with Gasteiger partial charge in [-0.25, -0.2) is 4.39 Å². The van der Waals surface area contributed by atoms with Gasteiger partial charge in [0.25, 0.3) is 0 Å². The fourth-order valence-electron chi connectivity index (χ4n) is 2.89. The van der Waals surface area contributed by atoms with Crippen LogP contribution in [0.1, 0.15) is 29.2 Å². The minimum atomic E-state index is -0.652. The third kappa shape index (κ3) is 2.77. The molecule has 2 amide bonds. The molecule has 0 fully saturated rings. The van der Waals surface area contributed by atoms with Crippen LogP contribution in [0.3, 0.4) is 0 Å². The number of fused-ring (bicyclic) bond motifs is 1. The van der Waals surface area contributed by atoms with Gasteiger partial charge in [-0.2, -0.15) is 5.10 Å². The molecule has 2 heterocycles. The molecule has 0 spiro atoms. The third-order valence-corrected chi connectivity index (χ3v) is 4.53. The number of anilines is 1. The second kappa shape index (κ2) is 6.07. The van der Waals surface area contributed by atoms with E-state index in [0.29, 0.717) is 12.1 Å². The lowest BCUT2D eigenvalue weighted by Gasteiger charge is -2.19. The number of nitrogens with zero attached hydrogens (tertiary/aromatic N) is 3. The molecule has 1 N–H and O–H groups in total. The molecule has 7 heteroatoms. The Morgan fingerprint density at radius 1 is 1.46 bits per heavy atom. The third-order valence-electron chi connectivity index (χ3n) is 4.53. The van der Waals surface area contributed by atoms with Crippen LogP contribution >= 0.6 is 0 Å². The molecule has 0 unspecified atom stereocenters. The largest absolute Gasteiger partial charge is 0.341 e. The van der Waals surface area contributed by atoms with Crippen LogP contribution in [-0.2, 0) is 23.2 Å². The second-order valence-corrected chi connectivity index (χ2v) is 6.08. The molecule has 24 heavy (non-hydrogen) atoms. The summed E-state index contributed by atoms with van der Waals surface area (Å²) in [5.74, 6) is -1.64. The topological polar surface area (TPSA) is 67.2 Å². The Hall–Kier alpha value is -2.70. The summed E-state index contributed by atoms with van der Waals surface area (Å²) in [5, 5.41) is 6.68. The molecular formula is C17H19FN4O2. The summed E-state index contributed by atoms with van der Waals surface area (Å²) in [6, 6.07) is 4.52. The first-order valence-corrected chi connectivity index (χ1v) is 7.69. The maximum Gasteiger partial charge on any atom is 0.232 e. The Morgan fingerprint density at radius 2 is 2.21 bits per heavy atom. The van der Waals surface area contributed by atoms with E-state index >= 15 is 0 Å². The van der Waals surface area contributed by atoms with E-state index in [-0.39, 0.29) is 23.9 Å². The van der Waals surface area contributed by atoms with Crippen LogP contribution in [0.25, 0.3) is 0 Å². The first-order chi connectivity index (χ1) is 11.4. The lowest BCUT2D eigenvalue weighted by Crippen LogP contribution is -2.29. The van der Waals surface area contributed by atoms with Gasteiger partial charge >= 0.3 is 0 Å². The highest BCUT2D eigenvalue weighted by Gasteiger charge is 2.34. The number of rotatable bonds is 4. The highest BCUT2D eigenvalue weighted by Crippen LogP contribution is 2.36. The van der Waals surface area contributed by atoms with Gasteiger partial charge in [0.15, 0.2) is 0 Å². The van der Waals surface area contributed by atoms with Gasteiger partial charge in [0, 0.05) is 38.3 Å². The molecule has 126 valence electrons. The Bertz CT molecular complexity index is 815. The van der Waals surface area contributed by atoms with Crippen molar-refractivity contribution >= 4 is 17.5 Å². The van der Waals surface area contributed by atoms with Crippen LogP contribution in [-0.4, -0.2) is 33.5 Å². The van der Waals surface area contributed by atoms with Crippen LogP contribution < -0.4 is 5.32 Å². The Balaban J connectivity index is 1.72. The molecule has 0 aliphatic carbocycles. The van der Waals surface area contributed by atoms with Gasteiger partial charge in [0.05, 0.1) is 17.8 Å². The quantitative estimate of drug-likeness (QED) is 0.932. The van der Waals surface area contributed by atoms with E-state index < -0.39 is 11.7 Å². The molecule has 1 aromatic heterocycles. The maximum absolute atomic E-state index is 13.7. The Morgan fingerprint density at radius 3 is 2.88 bits per heavy atom. The summed E-state index contributed by atoms with van der Waals surface area (Å²) in [5.41, 5.74) is 2.67. The van der Waals surface area contributed by atoms with Crippen molar-refractivity contribution in [3.05, 3.63) is 47.0 Å². The average molecular weight is 330 g/mol. The van der Waals surface area contributed by atoms with Crippen LogP contribution in [0, 0.1) is 12.7 Å². The molecule has 0 radical (unpaired) electrons. The summed E-state index contributed by atoms with van der Waals surface area (Å²) >= 11 is 0. The van der Waals surface area contributed by atoms with Crippen LogP contribution in [0.2, 0.25) is 0 Å². The van der Waals surface area contributed by atoms with E-state index in [9.17, 15) is 14.0 Å². The average Bonchev–Trinajstić information content (AvgIpc) is 3.03. The van der Waals surface area contributed by atoms with Crippen LogP contribution in [0.4, 0.5) is 10.1 Å². The van der Waals surface area contributed by atoms with Gasteiger partial charge in [-0.3, -0.25) is 14.3 Å². The van der Waals surface area contributed by atoms with E-state index in [1.807, 2.05) is 14.0 Å². The lowest BCUT2D eigenvalue weighted by atomic mass is 9.96. The molecule has 1 aliphatic heterocycles. The summed E-state index contributed by atoms with van der Waals surface area (Å²) in [6.45, 7) is 2.35. The number of benzene rings is 1. The normalized spacial score (nSPS) is 16.0. The monoisotopic (exact) mass is 330 g/mol. The molecule has 0 saturated carbocycles. The van der Waals surface area contributed by atoms with E-state index in [2.05, 4.69) is 10.4 Å². The van der Waals surface area contributed by atoms with Gasteiger partial charge in [-0.1, -0.05) is 12.1 Å². The minimum Gasteiger partial charge on any atom is -0.341 e. The van der Waals surface area contributed by atoms with Gasteiger partial charge in [-0.15, -0.1) is 0 Å². The molecule has 6 nitrogen and oxygen atoms in total. The summed E-state index contributed by atoms with van der Waals surface area (Å²) in [6.07, 6.45) is 1.74. The number of carbonyl (C=O) groups excluding carboxylic acids is 2. The predicted molar refractivity (Wildman–Crippen MR) is 86.8 cm³/mol. The first kappa shape index (κ1) is 16.2. The molecular weight excluding hydrogens is 311 g/mol. The fourth-order valence-corrected chi connectivity index (χ4v) is 2.89. The maximum atomic E-state index is 13.7. The SMILES string of the molecule is Cc1c(CN(C)C(=O)C[C@@H]2C(=O)Nc3c(F)cccc32)cnn1C. The second-order valence-electron chi connectivity index (χ2n) is 6.08. The highest BCUT2D eigenvalue weighted by molar-refractivity contribution is 6.05. The van der Waals surface area contributed by atoms with Crippen molar-refractivity contribution in [3.8, 4) is 0 Å². The number of halogens is 1. The van der Waals surface area contributed by atoms with Gasteiger partial charge in [0.1, 0.15) is 5.82 Å². The fraction of sp³-hybridized carbons (Fsp3) is 0.353. The minimum absolute atomic E-state index is 0.0120. The van der Waals surface area contributed by atoms with Crippen LogP contribution in [0.15, 0.2) is 24.4 Å². The van der Waals surface area contributed by atoms with E-state index in [1.165, 1.54) is 6.07 Å².